The fourth-order valence-corrected chi connectivity index (χ4v) is 2.14. The molecule has 0 aromatic carbocycles. The molecule has 0 radical (unpaired) electrons. The molecule has 0 aromatic heterocycles. The zero-order chi connectivity index (χ0) is 7.19. The van der Waals surface area contributed by atoms with Crippen molar-refractivity contribution in [3.8, 4) is 0 Å². The van der Waals surface area contributed by atoms with Gasteiger partial charge in [0, 0.05) is 12.3 Å². The van der Waals surface area contributed by atoms with Crippen LogP contribution in [0.3, 0.4) is 0 Å². The van der Waals surface area contributed by atoms with Crippen LogP contribution in [0.5, 0.6) is 0 Å². The SMILES string of the molecule is O=C1C[C@H]2CCCC[C@@]12O. The van der Waals surface area contributed by atoms with E-state index < -0.39 is 5.60 Å². The van der Waals surface area contributed by atoms with E-state index in [0.717, 1.165) is 19.3 Å². The van der Waals surface area contributed by atoms with Crippen LogP contribution in [-0.4, -0.2) is 16.5 Å². The highest BCUT2D eigenvalue weighted by Crippen LogP contribution is 2.45. The average Bonchev–Trinajstić information content (AvgIpc) is 1.93. The molecule has 0 aliphatic heterocycles. The summed E-state index contributed by atoms with van der Waals surface area (Å²) in [6.07, 6.45) is 4.63. The number of hydrogen-bond acceptors (Lipinski definition) is 2. The molecular weight excluding hydrogens is 128 g/mol. The first-order valence-electron chi connectivity index (χ1n) is 3.99. The van der Waals surface area contributed by atoms with Crippen LogP contribution in [0.1, 0.15) is 32.1 Å². The number of fused-ring (bicyclic) bond motifs is 1. The molecule has 2 nitrogen and oxygen atoms in total. The molecule has 2 atom stereocenters. The van der Waals surface area contributed by atoms with Crippen LogP contribution in [0.4, 0.5) is 0 Å². The van der Waals surface area contributed by atoms with Gasteiger partial charge in [-0.1, -0.05) is 12.8 Å². The normalized spacial score (nSPS) is 46.1. The largest absolute Gasteiger partial charge is 0.382 e. The second-order valence-corrected chi connectivity index (χ2v) is 3.49. The maximum Gasteiger partial charge on any atom is 0.165 e. The summed E-state index contributed by atoms with van der Waals surface area (Å²) in [6.45, 7) is 0. The highest BCUT2D eigenvalue weighted by Gasteiger charge is 2.53. The maximum absolute atomic E-state index is 10.9. The third-order valence-electron chi connectivity index (χ3n) is 2.95. The molecule has 10 heavy (non-hydrogen) atoms. The molecule has 1 N–H and O–H groups in total. The first-order valence-corrected chi connectivity index (χ1v) is 3.99. The number of ketones is 1. The standard InChI is InChI=1S/C8H12O2/c9-7-5-6-3-1-2-4-8(6,7)10/h6,10H,1-5H2/t6-,8+/m1/s1. The molecular formula is C8H12O2. The van der Waals surface area contributed by atoms with Gasteiger partial charge in [-0.3, -0.25) is 4.79 Å². The molecule has 0 heterocycles. The number of aliphatic hydroxyl groups is 1. The maximum atomic E-state index is 10.9. The van der Waals surface area contributed by atoms with Crippen LogP contribution in [0.25, 0.3) is 0 Å². The first-order chi connectivity index (χ1) is 4.73. The summed E-state index contributed by atoms with van der Waals surface area (Å²) in [6, 6.07) is 0. The average molecular weight is 140 g/mol. The Bertz CT molecular complexity index is 176. The summed E-state index contributed by atoms with van der Waals surface area (Å²) in [7, 11) is 0. The summed E-state index contributed by atoms with van der Waals surface area (Å²) >= 11 is 0. The van der Waals surface area contributed by atoms with E-state index in [9.17, 15) is 9.90 Å². The molecule has 0 unspecified atom stereocenters. The van der Waals surface area contributed by atoms with Crippen molar-refractivity contribution >= 4 is 5.78 Å². The van der Waals surface area contributed by atoms with Crippen LogP contribution in [0.15, 0.2) is 0 Å². The monoisotopic (exact) mass is 140 g/mol. The van der Waals surface area contributed by atoms with E-state index in [2.05, 4.69) is 0 Å². The minimum Gasteiger partial charge on any atom is -0.382 e. The molecule has 2 saturated carbocycles. The van der Waals surface area contributed by atoms with E-state index in [4.69, 9.17) is 0 Å². The molecule has 0 spiro atoms. The molecule has 2 rings (SSSR count). The first kappa shape index (κ1) is 6.35. The third-order valence-corrected chi connectivity index (χ3v) is 2.95. The number of rotatable bonds is 0. The number of hydrogen-bond donors (Lipinski definition) is 1. The van der Waals surface area contributed by atoms with Gasteiger partial charge in [0.1, 0.15) is 5.60 Å². The van der Waals surface area contributed by atoms with Crippen molar-refractivity contribution in [2.75, 3.05) is 0 Å². The lowest BCUT2D eigenvalue weighted by Gasteiger charge is -2.46. The predicted molar refractivity (Wildman–Crippen MR) is 36.5 cm³/mol. The summed E-state index contributed by atoms with van der Waals surface area (Å²) in [5, 5.41) is 9.65. The van der Waals surface area contributed by atoms with Crippen LogP contribution in [-0.2, 0) is 4.79 Å². The Balaban J connectivity index is 2.15. The topological polar surface area (TPSA) is 37.3 Å². The summed E-state index contributed by atoms with van der Waals surface area (Å²) in [5.41, 5.74) is -0.863. The Labute approximate surface area is 60.2 Å². The predicted octanol–water partition coefficient (Wildman–Crippen LogP) is 0.880. The minimum absolute atomic E-state index is 0.0807. The van der Waals surface area contributed by atoms with Gasteiger partial charge in [-0.05, 0) is 12.8 Å². The molecule has 0 bridgehead atoms. The molecule has 2 heteroatoms. The molecule has 2 aliphatic carbocycles. The van der Waals surface area contributed by atoms with E-state index in [1.54, 1.807) is 0 Å². The van der Waals surface area contributed by atoms with Crippen LogP contribution in [0.2, 0.25) is 0 Å². The van der Waals surface area contributed by atoms with Gasteiger partial charge in [0.25, 0.3) is 0 Å². The van der Waals surface area contributed by atoms with Crippen LogP contribution < -0.4 is 0 Å². The van der Waals surface area contributed by atoms with Gasteiger partial charge in [0.2, 0.25) is 0 Å². The van der Waals surface area contributed by atoms with Crippen molar-refractivity contribution in [1.29, 1.82) is 0 Å². The molecule has 0 amide bonds. The van der Waals surface area contributed by atoms with Gasteiger partial charge in [-0.25, -0.2) is 0 Å². The zero-order valence-electron chi connectivity index (χ0n) is 5.97. The minimum atomic E-state index is -0.863. The highest BCUT2D eigenvalue weighted by atomic mass is 16.3. The molecule has 0 saturated heterocycles. The van der Waals surface area contributed by atoms with E-state index in [1.165, 1.54) is 6.42 Å². The van der Waals surface area contributed by atoms with Crippen molar-refractivity contribution in [2.45, 2.75) is 37.7 Å². The van der Waals surface area contributed by atoms with Gasteiger partial charge in [0.15, 0.2) is 5.78 Å². The smallest absolute Gasteiger partial charge is 0.165 e. The van der Waals surface area contributed by atoms with Crippen molar-refractivity contribution in [3.63, 3.8) is 0 Å². The molecule has 2 aliphatic rings. The summed E-state index contributed by atoms with van der Waals surface area (Å²) < 4.78 is 0. The fourth-order valence-electron chi connectivity index (χ4n) is 2.14. The second-order valence-electron chi connectivity index (χ2n) is 3.49. The molecule has 56 valence electrons. The van der Waals surface area contributed by atoms with E-state index in [1.807, 2.05) is 0 Å². The second kappa shape index (κ2) is 1.82. The number of Topliss-reactive ketones (excluding diaryl/α,β-unsaturated/α-hetero) is 1. The van der Waals surface area contributed by atoms with Gasteiger partial charge in [-0.2, -0.15) is 0 Å². The number of carbonyl (C=O) groups is 1. The Morgan fingerprint density at radius 1 is 1.50 bits per heavy atom. The van der Waals surface area contributed by atoms with E-state index in [-0.39, 0.29) is 5.78 Å². The Kier molecular flexibility index (Phi) is 1.15. The Hall–Kier alpha value is -0.370. The lowest BCUT2D eigenvalue weighted by molar-refractivity contribution is -0.168. The van der Waals surface area contributed by atoms with Crippen LogP contribution >= 0.6 is 0 Å². The van der Waals surface area contributed by atoms with Crippen molar-refractivity contribution in [3.05, 3.63) is 0 Å². The number of carbonyl (C=O) groups excluding carboxylic acids is 1. The van der Waals surface area contributed by atoms with Gasteiger partial charge < -0.3 is 5.11 Å². The molecule has 2 fully saturated rings. The lowest BCUT2D eigenvalue weighted by Crippen LogP contribution is -2.57. The van der Waals surface area contributed by atoms with Crippen molar-refractivity contribution in [1.82, 2.24) is 0 Å². The zero-order valence-corrected chi connectivity index (χ0v) is 5.97. The Morgan fingerprint density at radius 2 is 2.30 bits per heavy atom. The fraction of sp³-hybridized carbons (Fsp3) is 0.875. The van der Waals surface area contributed by atoms with E-state index >= 15 is 0 Å². The molecule has 0 aromatic rings. The lowest BCUT2D eigenvalue weighted by atomic mass is 9.61. The van der Waals surface area contributed by atoms with Crippen molar-refractivity contribution in [2.24, 2.45) is 5.92 Å². The Morgan fingerprint density at radius 3 is 2.80 bits per heavy atom. The summed E-state index contributed by atoms with van der Waals surface area (Å²) in [5.74, 6) is 0.394. The van der Waals surface area contributed by atoms with Crippen LogP contribution in [0, 0.1) is 5.92 Å². The summed E-state index contributed by atoms with van der Waals surface area (Å²) in [4.78, 5) is 10.9. The van der Waals surface area contributed by atoms with Gasteiger partial charge in [-0.15, -0.1) is 0 Å². The van der Waals surface area contributed by atoms with Gasteiger partial charge >= 0.3 is 0 Å². The van der Waals surface area contributed by atoms with E-state index in [0.29, 0.717) is 12.3 Å². The highest BCUT2D eigenvalue weighted by molar-refractivity contribution is 5.94. The van der Waals surface area contributed by atoms with Crippen molar-refractivity contribution < 1.29 is 9.90 Å². The quantitative estimate of drug-likeness (QED) is 0.542. The van der Waals surface area contributed by atoms with Gasteiger partial charge in [0.05, 0.1) is 0 Å². The third kappa shape index (κ3) is 0.601.